The number of fused-ring (bicyclic) bond motifs is 2. The van der Waals surface area contributed by atoms with Crippen LogP contribution in [0.2, 0.25) is 0 Å². The maximum Gasteiger partial charge on any atom is 0.199 e. The van der Waals surface area contributed by atoms with Gasteiger partial charge in [-0.3, -0.25) is 0 Å². The molecule has 2 aliphatic heterocycles. The van der Waals surface area contributed by atoms with Crippen LogP contribution in [0.25, 0.3) is 11.1 Å². The quantitative estimate of drug-likeness (QED) is 0.850. The van der Waals surface area contributed by atoms with Crippen LogP contribution in [0.3, 0.4) is 0 Å². The van der Waals surface area contributed by atoms with Gasteiger partial charge in [0.15, 0.2) is 23.0 Å². The predicted octanol–water partition coefficient (Wildman–Crippen LogP) is 2.07. The zero-order valence-electron chi connectivity index (χ0n) is 10.6. The molecule has 1 atom stereocenters. The minimum Gasteiger partial charge on any atom is -0.486 e. The van der Waals surface area contributed by atoms with Crippen molar-refractivity contribution in [2.45, 2.75) is 18.8 Å². The fourth-order valence-corrected chi connectivity index (χ4v) is 2.72. The van der Waals surface area contributed by atoms with E-state index >= 15 is 0 Å². The Hall–Kier alpha value is -1.75. The molecule has 19 heavy (non-hydrogen) atoms. The SMILES string of the molecule is c1c2c(cc3oc(C4CCCNC4)nc13)OCCO2. The molecule has 5 nitrogen and oxygen atoms in total. The van der Waals surface area contributed by atoms with Gasteiger partial charge in [0.1, 0.15) is 18.7 Å². The van der Waals surface area contributed by atoms with Crippen LogP contribution in [-0.4, -0.2) is 31.3 Å². The van der Waals surface area contributed by atoms with Crippen molar-refractivity contribution in [2.75, 3.05) is 26.3 Å². The van der Waals surface area contributed by atoms with E-state index in [2.05, 4.69) is 10.3 Å². The summed E-state index contributed by atoms with van der Waals surface area (Å²) in [7, 11) is 0. The van der Waals surface area contributed by atoms with Crippen LogP contribution in [0.5, 0.6) is 11.5 Å². The standard InChI is InChI=1S/C14H16N2O3/c1-2-9(8-15-3-1)14-16-10-6-12-13(7-11(10)19-14)18-5-4-17-12/h6-7,9,15H,1-5,8H2. The van der Waals surface area contributed by atoms with Gasteiger partial charge in [0.05, 0.1) is 0 Å². The van der Waals surface area contributed by atoms with E-state index in [1.54, 1.807) is 0 Å². The van der Waals surface area contributed by atoms with Gasteiger partial charge in [-0.15, -0.1) is 0 Å². The Kier molecular flexibility index (Phi) is 2.58. The van der Waals surface area contributed by atoms with E-state index in [4.69, 9.17) is 13.9 Å². The highest BCUT2D eigenvalue weighted by Gasteiger charge is 2.22. The zero-order chi connectivity index (χ0) is 12.7. The lowest BCUT2D eigenvalue weighted by molar-refractivity contribution is 0.172. The maximum atomic E-state index is 5.89. The Labute approximate surface area is 110 Å². The van der Waals surface area contributed by atoms with E-state index < -0.39 is 0 Å². The van der Waals surface area contributed by atoms with Gasteiger partial charge < -0.3 is 19.2 Å². The third-order valence-electron chi connectivity index (χ3n) is 3.72. The smallest absolute Gasteiger partial charge is 0.199 e. The van der Waals surface area contributed by atoms with Gasteiger partial charge in [0.2, 0.25) is 0 Å². The molecule has 0 aliphatic carbocycles. The molecular formula is C14H16N2O3. The molecule has 0 amide bonds. The summed E-state index contributed by atoms with van der Waals surface area (Å²) in [6.45, 7) is 3.22. The van der Waals surface area contributed by atoms with Gasteiger partial charge in [-0.2, -0.15) is 0 Å². The van der Waals surface area contributed by atoms with E-state index in [1.807, 2.05) is 12.1 Å². The largest absolute Gasteiger partial charge is 0.486 e. The number of ether oxygens (including phenoxy) is 2. The van der Waals surface area contributed by atoms with Crippen LogP contribution in [0, 0.1) is 0 Å². The number of piperidine rings is 1. The molecule has 0 saturated carbocycles. The van der Waals surface area contributed by atoms with Crippen LogP contribution >= 0.6 is 0 Å². The number of nitrogens with one attached hydrogen (secondary N) is 1. The van der Waals surface area contributed by atoms with Gasteiger partial charge in [-0.05, 0) is 19.4 Å². The first-order valence-electron chi connectivity index (χ1n) is 6.81. The average molecular weight is 260 g/mol. The number of oxazole rings is 1. The summed E-state index contributed by atoms with van der Waals surface area (Å²) in [5.74, 6) is 2.72. The molecule has 5 heteroatoms. The molecule has 1 saturated heterocycles. The van der Waals surface area contributed by atoms with Gasteiger partial charge in [-0.1, -0.05) is 0 Å². The Morgan fingerprint density at radius 1 is 1.16 bits per heavy atom. The number of nitrogens with zero attached hydrogens (tertiary/aromatic N) is 1. The van der Waals surface area contributed by atoms with Crippen molar-refractivity contribution in [2.24, 2.45) is 0 Å². The monoisotopic (exact) mass is 260 g/mol. The van der Waals surface area contributed by atoms with Crippen molar-refractivity contribution in [3.8, 4) is 11.5 Å². The van der Waals surface area contributed by atoms with Crippen molar-refractivity contribution >= 4 is 11.1 Å². The van der Waals surface area contributed by atoms with Crippen molar-refractivity contribution in [1.82, 2.24) is 10.3 Å². The van der Waals surface area contributed by atoms with Crippen LogP contribution in [-0.2, 0) is 0 Å². The van der Waals surface area contributed by atoms with E-state index in [-0.39, 0.29) is 0 Å². The molecule has 0 bridgehead atoms. The summed E-state index contributed by atoms with van der Waals surface area (Å²) < 4.78 is 17.0. The van der Waals surface area contributed by atoms with Crippen molar-refractivity contribution in [1.29, 1.82) is 0 Å². The zero-order valence-corrected chi connectivity index (χ0v) is 10.6. The van der Waals surface area contributed by atoms with Crippen LogP contribution < -0.4 is 14.8 Å². The number of hydrogen-bond donors (Lipinski definition) is 1. The van der Waals surface area contributed by atoms with E-state index in [1.165, 1.54) is 6.42 Å². The van der Waals surface area contributed by atoms with Gasteiger partial charge in [0.25, 0.3) is 0 Å². The highest BCUT2D eigenvalue weighted by molar-refractivity contribution is 5.77. The lowest BCUT2D eigenvalue weighted by Gasteiger charge is -2.19. The van der Waals surface area contributed by atoms with Crippen LogP contribution in [0.15, 0.2) is 16.5 Å². The summed E-state index contributed by atoms with van der Waals surface area (Å²) >= 11 is 0. The Morgan fingerprint density at radius 2 is 2.00 bits per heavy atom. The lowest BCUT2D eigenvalue weighted by Crippen LogP contribution is -2.28. The second-order valence-corrected chi connectivity index (χ2v) is 5.06. The Balaban J connectivity index is 1.73. The van der Waals surface area contributed by atoms with Crippen molar-refractivity contribution < 1.29 is 13.9 Å². The average Bonchev–Trinajstić information content (AvgIpc) is 2.88. The summed E-state index contributed by atoms with van der Waals surface area (Å²) in [5.41, 5.74) is 1.63. The van der Waals surface area contributed by atoms with Gasteiger partial charge in [-0.25, -0.2) is 4.98 Å². The molecule has 2 aromatic rings. The maximum absolute atomic E-state index is 5.89. The number of aromatic nitrogens is 1. The minimum absolute atomic E-state index is 0.375. The minimum atomic E-state index is 0.375. The van der Waals surface area contributed by atoms with Crippen LogP contribution in [0.4, 0.5) is 0 Å². The molecule has 1 aromatic carbocycles. The molecule has 1 aromatic heterocycles. The molecule has 2 aliphatic rings. The van der Waals surface area contributed by atoms with Gasteiger partial charge in [0, 0.05) is 24.6 Å². The van der Waals surface area contributed by atoms with Crippen LogP contribution in [0.1, 0.15) is 24.7 Å². The van der Waals surface area contributed by atoms with E-state index in [0.717, 1.165) is 48.0 Å². The Morgan fingerprint density at radius 3 is 2.79 bits per heavy atom. The topological polar surface area (TPSA) is 56.5 Å². The third-order valence-corrected chi connectivity index (χ3v) is 3.72. The molecule has 1 unspecified atom stereocenters. The lowest BCUT2D eigenvalue weighted by atomic mass is 10.00. The Bertz CT molecular complexity index is 559. The van der Waals surface area contributed by atoms with E-state index in [9.17, 15) is 0 Å². The normalized spacial score (nSPS) is 22.6. The first kappa shape index (κ1) is 11.1. The second-order valence-electron chi connectivity index (χ2n) is 5.06. The second kappa shape index (κ2) is 4.42. The predicted molar refractivity (Wildman–Crippen MR) is 69.8 cm³/mol. The molecule has 4 rings (SSSR count). The molecule has 100 valence electrons. The van der Waals surface area contributed by atoms with Crippen molar-refractivity contribution in [3.63, 3.8) is 0 Å². The summed E-state index contributed by atoms with van der Waals surface area (Å²) in [6, 6.07) is 3.80. The molecular weight excluding hydrogens is 244 g/mol. The first-order chi connectivity index (χ1) is 9.40. The number of hydrogen-bond acceptors (Lipinski definition) is 5. The molecule has 1 fully saturated rings. The third kappa shape index (κ3) is 1.94. The highest BCUT2D eigenvalue weighted by Crippen LogP contribution is 2.36. The molecule has 3 heterocycles. The van der Waals surface area contributed by atoms with Crippen molar-refractivity contribution in [3.05, 3.63) is 18.0 Å². The van der Waals surface area contributed by atoms with Gasteiger partial charge >= 0.3 is 0 Å². The highest BCUT2D eigenvalue weighted by atomic mass is 16.6. The molecule has 0 spiro atoms. The fourth-order valence-electron chi connectivity index (χ4n) is 2.72. The summed E-state index contributed by atoms with van der Waals surface area (Å²) in [4.78, 5) is 4.60. The number of benzene rings is 1. The summed E-state index contributed by atoms with van der Waals surface area (Å²) in [6.07, 6.45) is 2.30. The molecule has 1 N–H and O–H groups in total. The fraction of sp³-hybridized carbons (Fsp3) is 0.500. The number of rotatable bonds is 1. The molecule has 0 radical (unpaired) electrons. The van der Waals surface area contributed by atoms with E-state index in [0.29, 0.717) is 19.1 Å². The summed E-state index contributed by atoms with van der Waals surface area (Å²) in [5, 5.41) is 3.38. The first-order valence-corrected chi connectivity index (χ1v) is 6.81.